The maximum absolute atomic E-state index is 13.7. The molecule has 0 aliphatic rings. The van der Waals surface area contributed by atoms with E-state index in [9.17, 15) is 4.39 Å². The molecule has 0 N–H and O–H groups in total. The van der Waals surface area contributed by atoms with Gasteiger partial charge in [0.25, 0.3) is 0 Å². The quantitative estimate of drug-likeness (QED) is 0.467. The Morgan fingerprint density at radius 1 is 0.960 bits per heavy atom. The highest BCUT2D eigenvalue weighted by Gasteiger charge is 2.04. The predicted molar refractivity (Wildman–Crippen MR) is 99.6 cm³/mol. The SMILES string of the molecule is Fc1ccccc1COc1ccc2cc(Cc3cscn3)ccc2c1. The van der Waals surface area contributed by atoms with Gasteiger partial charge in [-0.2, -0.15) is 0 Å². The van der Waals surface area contributed by atoms with Gasteiger partial charge in [-0.05, 0) is 34.5 Å². The van der Waals surface area contributed by atoms with Crippen molar-refractivity contribution in [3.63, 3.8) is 0 Å². The molecule has 0 unspecified atom stereocenters. The first-order valence-corrected chi connectivity index (χ1v) is 8.98. The molecule has 0 saturated heterocycles. The zero-order chi connectivity index (χ0) is 17.1. The number of aromatic nitrogens is 1. The van der Waals surface area contributed by atoms with Gasteiger partial charge in [-0.3, -0.25) is 0 Å². The van der Waals surface area contributed by atoms with E-state index in [0.717, 1.165) is 28.6 Å². The van der Waals surface area contributed by atoms with Gasteiger partial charge in [-0.15, -0.1) is 11.3 Å². The molecule has 2 nitrogen and oxygen atoms in total. The van der Waals surface area contributed by atoms with E-state index in [2.05, 4.69) is 28.6 Å². The van der Waals surface area contributed by atoms with Crippen molar-refractivity contribution in [3.05, 3.63) is 94.2 Å². The lowest BCUT2D eigenvalue weighted by atomic mass is 10.0. The smallest absolute Gasteiger partial charge is 0.129 e. The number of rotatable bonds is 5. The molecule has 0 aliphatic carbocycles. The van der Waals surface area contributed by atoms with Crippen LogP contribution in [0.5, 0.6) is 5.75 Å². The van der Waals surface area contributed by atoms with Crippen LogP contribution in [0, 0.1) is 5.82 Å². The zero-order valence-electron chi connectivity index (χ0n) is 13.5. The summed E-state index contributed by atoms with van der Waals surface area (Å²) in [5, 5.41) is 4.34. The third-order valence-electron chi connectivity index (χ3n) is 4.10. The molecular formula is C21H16FNOS. The Morgan fingerprint density at radius 3 is 2.64 bits per heavy atom. The average Bonchev–Trinajstić information content (AvgIpc) is 3.14. The number of ether oxygens (including phenoxy) is 1. The van der Waals surface area contributed by atoms with Gasteiger partial charge in [-0.25, -0.2) is 9.37 Å². The number of fused-ring (bicyclic) bond motifs is 1. The van der Waals surface area contributed by atoms with E-state index in [-0.39, 0.29) is 12.4 Å². The summed E-state index contributed by atoms with van der Waals surface area (Å²) < 4.78 is 19.4. The molecule has 1 aromatic heterocycles. The lowest BCUT2D eigenvalue weighted by Crippen LogP contribution is -1.98. The first-order valence-electron chi connectivity index (χ1n) is 8.04. The molecule has 0 fully saturated rings. The first kappa shape index (κ1) is 15.8. The maximum atomic E-state index is 13.7. The van der Waals surface area contributed by atoms with Gasteiger partial charge in [0.1, 0.15) is 18.2 Å². The summed E-state index contributed by atoms with van der Waals surface area (Å²) in [6.07, 6.45) is 0.838. The summed E-state index contributed by atoms with van der Waals surface area (Å²) in [5.74, 6) is 0.498. The second-order valence-electron chi connectivity index (χ2n) is 5.88. The van der Waals surface area contributed by atoms with Gasteiger partial charge < -0.3 is 4.74 Å². The molecule has 4 rings (SSSR count). The maximum Gasteiger partial charge on any atom is 0.129 e. The van der Waals surface area contributed by atoms with Crippen molar-refractivity contribution in [1.82, 2.24) is 4.98 Å². The summed E-state index contributed by atoms with van der Waals surface area (Å²) in [6.45, 7) is 0.222. The Labute approximate surface area is 149 Å². The molecule has 0 amide bonds. The van der Waals surface area contributed by atoms with Gasteiger partial charge >= 0.3 is 0 Å². The van der Waals surface area contributed by atoms with Crippen LogP contribution in [0.2, 0.25) is 0 Å². The van der Waals surface area contributed by atoms with Crippen molar-refractivity contribution >= 4 is 22.1 Å². The fourth-order valence-electron chi connectivity index (χ4n) is 2.78. The molecule has 4 aromatic rings. The normalized spacial score (nSPS) is 10.9. The van der Waals surface area contributed by atoms with Crippen molar-refractivity contribution in [2.75, 3.05) is 0 Å². The molecule has 0 atom stereocenters. The van der Waals surface area contributed by atoms with E-state index in [0.29, 0.717) is 5.56 Å². The van der Waals surface area contributed by atoms with Gasteiger partial charge in [0.15, 0.2) is 0 Å². The van der Waals surface area contributed by atoms with E-state index in [1.165, 1.54) is 11.6 Å². The van der Waals surface area contributed by atoms with Gasteiger partial charge in [0.2, 0.25) is 0 Å². The number of thiazole rings is 1. The van der Waals surface area contributed by atoms with Crippen LogP contribution < -0.4 is 4.74 Å². The highest BCUT2D eigenvalue weighted by Crippen LogP contribution is 2.24. The summed E-state index contributed by atoms with van der Waals surface area (Å²) in [7, 11) is 0. The van der Waals surface area contributed by atoms with Crippen LogP contribution in [0.4, 0.5) is 4.39 Å². The Balaban J connectivity index is 1.51. The molecule has 4 heteroatoms. The summed E-state index contributed by atoms with van der Waals surface area (Å²) >= 11 is 1.61. The lowest BCUT2D eigenvalue weighted by molar-refractivity contribution is 0.300. The molecular weight excluding hydrogens is 333 g/mol. The molecule has 124 valence electrons. The van der Waals surface area contributed by atoms with E-state index in [1.807, 2.05) is 29.8 Å². The number of hydrogen-bond acceptors (Lipinski definition) is 3. The van der Waals surface area contributed by atoms with Crippen molar-refractivity contribution in [2.45, 2.75) is 13.0 Å². The molecule has 0 bridgehead atoms. The van der Waals surface area contributed by atoms with Crippen molar-refractivity contribution in [2.24, 2.45) is 0 Å². The third kappa shape index (κ3) is 3.69. The Kier molecular flexibility index (Phi) is 4.44. The molecule has 25 heavy (non-hydrogen) atoms. The van der Waals surface area contributed by atoms with E-state index < -0.39 is 0 Å². The van der Waals surface area contributed by atoms with Crippen LogP contribution in [-0.2, 0) is 13.0 Å². The monoisotopic (exact) mass is 349 g/mol. The second-order valence-corrected chi connectivity index (χ2v) is 6.60. The minimum atomic E-state index is -0.241. The van der Waals surface area contributed by atoms with Gasteiger partial charge in [0.05, 0.1) is 11.2 Å². The van der Waals surface area contributed by atoms with Gasteiger partial charge in [0, 0.05) is 17.4 Å². The van der Waals surface area contributed by atoms with Gasteiger partial charge in [-0.1, -0.05) is 42.5 Å². The van der Waals surface area contributed by atoms with Crippen molar-refractivity contribution in [3.8, 4) is 5.75 Å². The number of hydrogen-bond donors (Lipinski definition) is 0. The van der Waals surface area contributed by atoms with Crippen LogP contribution in [0.15, 0.2) is 71.6 Å². The fourth-order valence-corrected chi connectivity index (χ4v) is 3.34. The number of benzene rings is 3. The lowest BCUT2D eigenvalue weighted by Gasteiger charge is -2.09. The highest BCUT2D eigenvalue weighted by atomic mass is 32.1. The fraction of sp³-hybridized carbons (Fsp3) is 0.0952. The van der Waals surface area contributed by atoms with Crippen LogP contribution in [0.25, 0.3) is 10.8 Å². The number of nitrogens with zero attached hydrogens (tertiary/aromatic N) is 1. The zero-order valence-corrected chi connectivity index (χ0v) is 14.3. The molecule has 0 saturated carbocycles. The molecule has 0 radical (unpaired) electrons. The van der Waals surface area contributed by atoms with E-state index in [4.69, 9.17) is 4.74 Å². The first-order chi connectivity index (χ1) is 12.3. The molecule has 1 heterocycles. The Hall–Kier alpha value is -2.72. The van der Waals surface area contributed by atoms with E-state index >= 15 is 0 Å². The average molecular weight is 349 g/mol. The third-order valence-corrected chi connectivity index (χ3v) is 4.73. The van der Waals surface area contributed by atoms with Crippen LogP contribution >= 0.6 is 11.3 Å². The minimum absolute atomic E-state index is 0.222. The van der Waals surface area contributed by atoms with Crippen molar-refractivity contribution < 1.29 is 9.13 Å². The predicted octanol–water partition coefficient (Wildman–Crippen LogP) is 5.61. The topological polar surface area (TPSA) is 22.1 Å². The molecule has 0 spiro atoms. The standard InChI is InChI=1S/C21H16FNOS/c22-21-4-2-1-3-18(21)12-24-20-8-7-16-9-15(5-6-17(16)11-20)10-19-13-25-14-23-19/h1-9,11,13-14H,10,12H2. The van der Waals surface area contributed by atoms with Crippen molar-refractivity contribution in [1.29, 1.82) is 0 Å². The number of halogens is 1. The summed E-state index contributed by atoms with van der Waals surface area (Å²) in [5.41, 5.74) is 4.74. The summed E-state index contributed by atoms with van der Waals surface area (Å²) in [4.78, 5) is 4.33. The Morgan fingerprint density at radius 2 is 1.80 bits per heavy atom. The molecule has 0 aliphatic heterocycles. The summed E-state index contributed by atoms with van der Waals surface area (Å²) in [6, 6.07) is 19.0. The van der Waals surface area contributed by atoms with E-state index in [1.54, 1.807) is 23.5 Å². The van der Waals surface area contributed by atoms with Crippen LogP contribution in [0.1, 0.15) is 16.8 Å². The van der Waals surface area contributed by atoms with Crippen LogP contribution in [0.3, 0.4) is 0 Å². The second kappa shape index (κ2) is 7.03. The van der Waals surface area contributed by atoms with Crippen LogP contribution in [-0.4, -0.2) is 4.98 Å². The largest absolute Gasteiger partial charge is 0.489 e. The molecule has 3 aromatic carbocycles. The minimum Gasteiger partial charge on any atom is -0.489 e. The Bertz CT molecular complexity index is 998. The highest BCUT2D eigenvalue weighted by molar-refractivity contribution is 7.07.